The van der Waals surface area contributed by atoms with Gasteiger partial charge in [-0.1, -0.05) is 60.8 Å². The smallest absolute Gasteiger partial charge is 0.289 e. The topological polar surface area (TPSA) is 187 Å². The molecule has 282 valence electrons. The van der Waals surface area contributed by atoms with Crippen molar-refractivity contribution in [2.75, 3.05) is 0 Å². The summed E-state index contributed by atoms with van der Waals surface area (Å²) >= 11 is 0. The molecular formula is C38H58N6O7. The number of ketones is 2. The minimum atomic E-state index is -1.06. The fourth-order valence-corrected chi connectivity index (χ4v) is 7.59. The van der Waals surface area contributed by atoms with E-state index >= 15 is 0 Å². The molecule has 13 nitrogen and oxygen atoms in total. The van der Waals surface area contributed by atoms with Crippen molar-refractivity contribution in [2.24, 2.45) is 17.3 Å². The zero-order valence-corrected chi connectivity index (χ0v) is 31.8. The Morgan fingerprint density at radius 2 is 1.57 bits per heavy atom. The van der Waals surface area contributed by atoms with Gasteiger partial charge in [0.15, 0.2) is 5.78 Å². The average Bonchev–Trinajstić information content (AvgIpc) is 3.70. The quantitative estimate of drug-likeness (QED) is 0.145. The summed E-state index contributed by atoms with van der Waals surface area (Å²) < 4.78 is 0. The monoisotopic (exact) mass is 710 g/mol. The van der Waals surface area contributed by atoms with Gasteiger partial charge in [0.05, 0.1) is 11.6 Å². The molecule has 1 aromatic heterocycles. The molecule has 0 aromatic carbocycles. The lowest BCUT2D eigenvalue weighted by Gasteiger charge is -2.40. The van der Waals surface area contributed by atoms with E-state index in [0.29, 0.717) is 30.5 Å². The molecule has 0 unspecified atom stereocenters. The van der Waals surface area contributed by atoms with E-state index in [-0.39, 0.29) is 47.4 Å². The second-order valence-corrected chi connectivity index (χ2v) is 16.3. The van der Waals surface area contributed by atoms with Crippen LogP contribution in [-0.4, -0.2) is 87.2 Å². The SMILES string of the molecule is CCC[C@H](NC(=O)[C@@H]1C[C@@H]2CCCC[C@@H]2N1C(=O)[C@@H](NC(=O)[C@@H](NC(=O)c1[nH]c(C)c(C)c1C(C)=O)C(C)C)C(C)(C)C)C(=O)C(=O)NC1CC1. The van der Waals surface area contributed by atoms with E-state index in [1.54, 1.807) is 32.6 Å². The van der Waals surface area contributed by atoms with Crippen LogP contribution in [-0.2, 0) is 24.0 Å². The Morgan fingerprint density at radius 3 is 2.14 bits per heavy atom. The van der Waals surface area contributed by atoms with E-state index < -0.39 is 64.9 Å². The van der Waals surface area contributed by atoms with Crippen LogP contribution >= 0.6 is 0 Å². The van der Waals surface area contributed by atoms with E-state index in [2.05, 4.69) is 26.3 Å². The molecule has 0 bridgehead atoms. The largest absolute Gasteiger partial charge is 0.354 e. The van der Waals surface area contributed by atoms with E-state index in [1.807, 2.05) is 27.7 Å². The van der Waals surface area contributed by atoms with Crippen molar-refractivity contribution < 1.29 is 33.6 Å². The number of aromatic nitrogens is 1. The molecule has 2 saturated carbocycles. The predicted molar refractivity (Wildman–Crippen MR) is 192 cm³/mol. The molecule has 51 heavy (non-hydrogen) atoms. The molecule has 3 fully saturated rings. The second-order valence-electron chi connectivity index (χ2n) is 16.3. The number of rotatable bonds is 14. The summed E-state index contributed by atoms with van der Waals surface area (Å²) in [5.41, 5.74) is 0.893. The molecule has 0 radical (unpaired) electrons. The first-order valence-electron chi connectivity index (χ1n) is 18.7. The Hall–Kier alpha value is -4.03. The number of carbonyl (C=O) groups is 7. The van der Waals surface area contributed by atoms with Crippen molar-refractivity contribution in [3.05, 3.63) is 22.5 Å². The van der Waals surface area contributed by atoms with E-state index in [4.69, 9.17) is 0 Å². The molecule has 0 spiro atoms. The second kappa shape index (κ2) is 16.1. The molecule has 1 saturated heterocycles. The van der Waals surface area contributed by atoms with E-state index in [1.165, 1.54) is 6.92 Å². The van der Waals surface area contributed by atoms with Gasteiger partial charge in [0.2, 0.25) is 23.5 Å². The third-order valence-corrected chi connectivity index (χ3v) is 10.7. The number of hydrogen-bond acceptors (Lipinski definition) is 7. The summed E-state index contributed by atoms with van der Waals surface area (Å²) in [7, 11) is 0. The highest BCUT2D eigenvalue weighted by Gasteiger charge is 2.51. The highest BCUT2D eigenvalue weighted by atomic mass is 16.2. The third-order valence-electron chi connectivity index (χ3n) is 10.7. The number of Topliss-reactive ketones (excluding diaryl/α,β-unsaturated/α-hetero) is 2. The number of likely N-dealkylation sites (tertiary alicyclic amines) is 1. The van der Waals surface area contributed by atoms with Gasteiger partial charge in [0, 0.05) is 17.8 Å². The predicted octanol–water partition coefficient (Wildman–Crippen LogP) is 3.41. The van der Waals surface area contributed by atoms with Crippen LogP contribution in [0.1, 0.15) is 138 Å². The summed E-state index contributed by atoms with van der Waals surface area (Å²) in [6.45, 7) is 15.8. The number of aromatic amines is 1. The molecule has 5 amide bonds. The number of nitrogens with zero attached hydrogens (tertiary/aromatic N) is 1. The molecular weight excluding hydrogens is 652 g/mol. The molecule has 1 aliphatic heterocycles. The lowest BCUT2D eigenvalue weighted by Crippen LogP contribution is -2.63. The van der Waals surface area contributed by atoms with Crippen molar-refractivity contribution in [1.29, 1.82) is 0 Å². The van der Waals surface area contributed by atoms with Gasteiger partial charge in [-0.2, -0.15) is 0 Å². The highest BCUT2D eigenvalue weighted by molar-refractivity contribution is 6.38. The fraction of sp³-hybridized carbons (Fsp3) is 0.711. The molecule has 4 rings (SSSR count). The first-order valence-corrected chi connectivity index (χ1v) is 18.7. The third kappa shape index (κ3) is 9.07. The van der Waals surface area contributed by atoms with Crippen LogP contribution in [0.25, 0.3) is 0 Å². The minimum Gasteiger partial charge on any atom is -0.354 e. The number of H-pyrrole nitrogens is 1. The molecule has 2 heterocycles. The average molecular weight is 711 g/mol. The summed E-state index contributed by atoms with van der Waals surface area (Å²) in [6, 6.07) is -4.20. The fourth-order valence-electron chi connectivity index (χ4n) is 7.59. The maximum atomic E-state index is 14.7. The van der Waals surface area contributed by atoms with Gasteiger partial charge in [-0.3, -0.25) is 33.6 Å². The zero-order chi connectivity index (χ0) is 37.9. The van der Waals surface area contributed by atoms with Gasteiger partial charge in [0.25, 0.3) is 11.8 Å². The summed E-state index contributed by atoms with van der Waals surface area (Å²) in [6.07, 6.45) is 6.38. The van der Waals surface area contributed by atoms with Crippen LogP contribution in [0.15, 0.2) is 0 Å². The van der Waals surface area contributed by atoms with Gasteiger partial charge in [-0.25, -0.2) is 0 Å². The van der Waals surface area contributed by atoms with Crippen molar-refractivity contribution >= 4 is 41.1 Å². The first kappa shape index (κ1) is 39.8. The minimum absolute atomic E-state index is 0.00136. The maximum absolute atomic E-state index is 14.7. The Kier molecular flexibility index (Phi) is 12.6. The maximum Gasteiger partial charge on any atom is 0.289 e. The Morgan fingerprint density at radius 1 is 0.922 bits per heavy atom. The first-order chi connectivity index (χ1) is 23.9. The van der Waals surface area contributed by atoms with Gasteiger partial charge >= 0.3 is 0 Å². The lowest BCUT2D eigenvalue weighted by molar-refractivity contribution is -0.147. The van der Waals surface area contributed by atoms with Crippen molar-refractivity contribution in [2.45, 2.75) is 156 Å². The number of carbonyl (C=O) groups excluding carboxylic acids is 7. The van der Waals surface area contributed by atoms with E-state index in [0.717, 1.165) is 32.1 Å². The molecule has 5 N–H and O–H groups in total. The van der Waals surface area contributed by atoms with Gasteiger partial charge < -0.3 is 31.2 Å². The highest BCUT2D eigenvalue weighted by Crippen LogP contribution is 2.41. The molecule has 6 atom stereocenters. The van der Waals surface area contributed by atoms with Crippen molar-refractivity contribution in [3.63, 3.8) is 0 Å². The number of amides is 5. The van der Waals surface area contributed by atoms with Crippen LogP contribution in [0.4, 0.5) is 0 Å². The van der Waals surface area contributed by atoms with Gasteiger partial charge in [-0.15, -0.1) is 0 Å². The number of hydrogen-bond donors (Lipinski definition) is 5. The number of nitrogens with one attached hydrogen (secondary N) is 5. The normalized spacial score (nSPS) is 22.0. The van der Waals surface area contributed by atoms with Crippen LogP contribution in [0.3, 0.4) is 0 Å². The summed E-state index contributed by atoms with van der Waals surface area (Å²) in [4.78, 5) is 99.1. The van der Waals surface area contributed by atoms with Gasteiger partial charge in [-0.05, 0) is 82.1 Å². The Labute approximate surface area is 301 Å². The van der Waals surface area contributed by atoms with Crippen molar-refractivity contribution in [1.82, 2.24) is 31.2 Å². The molecule has 13 heteroatoms. The standard InChI is InChI=1S/C38H58N6O7/c1-10-13-25(31(46)36(50)40-24-16-17-24)41-33(47)27-18-23-14-11-12-15-26(23)44(27)37(51)32(38(7,8)9)43-34(48)29(19(2)3)42-35(49)30-28(22(6)45)20(4)21(5)39-30/h19,23-27,29,32,39H,10-18H2,1-9H3,(H,40,50)(H,41,47)(H,42,49)(H,43,48)/t23-,25-,26-,27-,29-,32+/m0/s1. The molecule has 1 aromatic rings. The molecule has 2 aliphatic carbocycles. The zero-order valence-electron chi connectivity index (χ0n) is 31.8. The summed E-state index contributed by atoms with van der Waals surface area (Å²) in [5.74, 6) is -4.01. The molecule has 3 aliphatic rings. The van der Waals surface area contributed by atoms with Gasteiger partial charge in [0.1, 0.15) is 23.8 Å². The van der Waals surface area contributed by atoms with E-state index in [9.17, 15) is 33.6 Å². The van der Waals surface area contributed by atoms with Crippen LogP contribution < -0.4 is 21.3 Å². The summed E-state index contributed by atoms with van der Waals surface area (Å²) in [5, 5.41) is 11.3. The van der Waals surface area contributed by atoms with Crippen LogP contribution in [0.2, 0.25) is 0 Å². The van der Waals surface area contributed by atoms with Crippen molar-refractivity contribution in [3.8, 4) is 0 Å². The Bertz CT molecular complexity index is 1540. The number of aryl methyl sites for hydroxylation is 1. The van der Waals surface area contributed by atoms with Crippen LogP contribution in [0.5, 0.6) is 0 Å². The number of fused-ring (bicyclic) bond motifs is 1. The lowest BCUT2D eigenvalue weighted by atomic mass is 9.83. The Balaban J connectivity index is 1.58. The van der Waals surface area contributed by atoms with Crippen LogP contribution in [0, 0.1) is 31.1 Å².